The number of phenolic OH excluding ortho intramolecular Hbond substituents is 1. The highest BCUT2D eigenvalue weighted by molar-refractivity contribution is 5.32. The van der Waals surface area contributed by atoms with E-state index in [0.717, 1.165) is 0 Å². The predicted molar refractivity (Wildman–Crippen MR) is 103 cm³/mol. The molecule has 1 aliphatic carbocycles. The Morgan fingerprint density at radius 3 is 1.24 bits per heavy atom. The standard InChI is InChI=1S/C24H24O/c25-24-13-11-20(12-14-24)23-16-21(18-7-3-1-4-8-18)15-22(17-23)19-9-5-2-6-10-19/h1-14,21-23,25H,15-17H2/t21-,22-/m0/s1. The van der Waals surface area contributed by atoms with Crippen molar-refractivity contribution < 1.29 is 5.11 Å². The lowest BCUT2D eigenvalue weighted by molar-refractivity contribution is 0.351. The van der Waals surface area contributed by atoms with Gasteiger partial charge in [-0.05, 0) is 65.8 Å². The maximum atomic E-state index is 9.62. The summed E-state index contributed by atoms with van der Waals surface area (Å²) in [6.07, 6.45) is 3.57. The molecule has 25 heavy (non-hydrogen) atoms. The molecule has 0 aromatic heterocycles. The first-order valence-corrected chi connectivity index (χ1v) is 9.18. The molecule has 0 unspecified atom stereocenters. The molecule has 0 heterocycles. The quantitative estimate of drug-likeness (QED) is 0.604. The number of phenols is 1. The van der Waals surface area contributed by atoms with Crippen molar-refractivity contribution in [1.29, 1.82) is 0 Å². The van der Waals surface area contributed by atoms with Gasteiger partial charge in [-0.25, -0.2) is 0 Å². The molecule has 1 N–H and O–H groups in total. The van der Waals surface area contributed by atoms with Crippen LogP contribution >= 0.6 is 0 Å². The summed E-state index contributed by atoms with van der Waals surface area (Å²) < 4.78 is 0. The highest BCUT2D eigenvalue weighted by Crippen LogP contribution is 2.47. The summed E-state index contributed by atoms with van der Waals surface area (Å²) in [7, 11) is 0. The molecule has 1 fully saturated rings. The van der Waals surface area contributed by atoms with Gasteiger partial charge in [0, 0.05) is 0 Å². The molecule has 126 valence electrons. The first kappa shape index (κ1) is 16.0. The monoisotopic (exact) mass is 328 g/mol. The molecule has 0 amide bonds. The van der Waals surface area contributed by atoms with Gasteiger partial charge in [0.2, 0.25) is 0 Å². The molecular weight excluding hydrogens is 304 g/mol. The highest BCUT2D eigenvalue weighted by atomic mass is 16.3. The Kier molecular flexibility index (Phi) is 4.56. The zero-order chi connectivity index (χ0) is 17.1. The van der Waals surface area contributed by atoms with E-state index in [2.05, 4.69) is 72.8 Å². The zero-order valence-electron chi connectivity index (χ0n) is 14.4. The number of rotatable bonds is 3. The van der Waals surface area contributed by atoms with Gasteiger partial charge in [0.25, 0.3) is 0 Å². The van der Waals surface area contributed by atoms with Crippen molar-refractivity contribution in [2.75, 3.05) is 0 Å². The van der Waals surface area contributed by atoms with Crippen LogP contribution in [-0.2, 0) is 0 Å². The van der Waals surface area contributed by atoms with Crippen LogP contribution in [0.4, 0.5) is 0 Å². The summed E-state index contributed by atoms with van der Waals surface area (Å²) in [5, 5.41) is 9.62. The molecule has 0 bridgehead atoms. The average Bonchev–Trinajstić information content (AvgIpc) is 2.69. The van der Waals surface area contributed by atoms with E-state index in [4.69, 9.17) is 0 Å². The van der Waals surface area contributed by atoms with Crippen LogP contribution in [0.1, 0.15) is 53.7 Å². The molecule has 0 aliphatic heterocycles. The van der Waals surface area contributed by atoms with Crippen LogP contribution in [0.3, 0.4) is 0 Å². The van der Waals surface area contributed by atoms with E-state index in [-0.39, 0.29) is 0 Å². The molecule has 4 rings (SSSR count). The van der Waals surface area contributed by atoms with Gasteiger partial charge in [0.05, 0.1) is 0 Å². The zero-order valence-corrected chi connectivity index (χ0v) is 14.4. The Balaban J connectivity index is 1.66. The number of benzene rings is 3. The average molecular weight is 328 g/mol. The first-order valence-electron chi connectivity index (χ1n) is 9.18. The van der Waals surface area contributed by atoms with Crippen LogP contribution in [-0.4, -0.2) is 5.11 Å². The smallest absolute Gasteiger partial charge is 0.115 e. The normalized spacial score (nSPS) is 23.3. The van der Waals surface area contributed by atoms with Crippen LogP contribution < -0.4 is 0 Å². The summed E-state index contributed by atoms with van der Waals surface area (Å²) in [5.41, 5.74) is 4.25. The molecule has 3 aromatic carbocycles. The molecule has 0 saturated heterocycles. The maximum Gasteiger partial charge on any atom is 0.115 e. The van der Waals surface area contributed by atoms with E-state index in [9.17, 15) is 5.11 Å². The fourth-order valence-corrected chi connectivity index (χ4v) is 4.33. The predicted octanol–water partition coefficient (Wildman–Crippen LogP) is 6.23. The SMILES string of the molecule is Oc1ccc(C2C[C@@H](c3ccccc3)C[C@H](c3ccccc3)C2)cc1. The number of hydrogen-bond donors (Lipinski definition) is 1. The van der Waals surface area contributed by atoms with E-state index in [1.165, 1.54) is 36.0 Å². The molecular formula is C24H24O. The van der Waals surface area contributed by atoms with Gasteiger partial charge in [-0.15, -0.1) is 0 Å². The Morgan fingerprint density at radius 1 is 0.480 bits per heavy atom. The molecule has 1 nitrogen and oxygen atoms in total. The molecule has 2 atom stereocenters. The second-order valence-corrected chi connectivity index (χ2v) is 7.21. The minimum absolute atomic E-state index is 0.346. The third-order valence-corrected chi connectivity index (χ3v) is 5.61. The van der Waals surface area contributed by atoms with Crippen molar-refractivity contribution in [2.45, 2.75) is 37.0 Å². The van der Waals surface area contributed by atoms with Gasteiger partial charge in [-0.1, -0.05) is 72.8 Å². The summed E-state index contributed by atoms with van der Waals surface area (Å²) in [5.74, 6) is 2.04. The van der Waals surface area contributed by atoms with Crippen LogP contribution in [0.25, 0.3) is 0 Å². The van der Waals surface area contributed by atoms with Gasteiger partial charge < -0.3 is 5.11 Å². The van der Waals surface area contributed by atoms with Crippen LogP contribution in [0.2, 0.25) is 0 Å². The Labute approximate surface area is 150 Å². The molecule has 1 heteroatoms. The van der Waals surface area contributed by atoms with Crippen molar-refractivity contribution in [1.82, 2.24) is 0 Å². The van der Waals surface area contributed by atoms with Crippen molar-refractivity contribution in [3.63, 3.8) is 0 Å². The summed E-state index contributed by atoms with van der Waals surface area (Å²) in [6.45, 7) is 0. The van der Waals surface area contributed by atoms with Crippen molar-refractivity contribution >= 4 is 0 Å². The van der Waals surface area contributed by atoms with Crippen molar-refractivity contribution in [2.24, 2.45) is 0 Å². The van der Waals surface area contributed by atoms with Crippen LogP contribution in [0.5, 0.6) is 5.75 Å². The summed E-state index contributed by atoms with van der Waals surface area (Å²) in [4.78, 5) is 0. The summed E-state index contributed by atoms with van der Waals surface area (Å²) >= 11 is 0. The Morgan fingerprint density at radius 2 is 0.840 bits per heavy atom. The van der Waals surface area contributed by atoms with E-state index in [1.807, 2.05) is 12.1 Å². The lowest BCUT2D eigenvalue weighted by Crippen LogP contribution is -2.19. The molecule has 1 saturated carbocycles. The summed E-state index contributed by atoms with van der Waals surface area (Å²) in [6, 6.07) is 29.7. The van der Waals surface area contributed by atoms with Crippen LogP contribution in [0, 0.1) is 0 Å². The van der Waals surface area contributed by atoms with Gasteiger partial charge in [0.15, 0.2) is 0 Å². The van der Waals surface area contributed by atoms with Gasteiger partial charge >= 0.3 is 0 Å². The fraction of sp³-hybridized carbons (Fsp3) is 0.250. The van der Waals surface area contributed by atoms with E-state index in [0.29, 0.717) is 23.5 Å². The number of aromatic hydroxyl groups is 1. The maximum absolute atomic E-state index is 9.62. The van der Waals surface area contributed by atoms with Gasteiger partial charge in [0.1, 0.15) is 5.75 Å². The molecule has 1 aliphatic rings. The van der Waals surface area contributed by atoms with Crippen molar-refractivity contribution in [3.8, 4) is 5.75 Å². The first-order chi connectivity index (χ1) is 12.3. The van der Waals surface area contributed by atoms with Crippen molar-refractivity contribution in [3.05, 3.63) is 102 Å². The van der Waals surface area contributed by atoms with E-state index in [1.54, 1.807) is 0 Å². The third-order valence-electron chi connectivity index (χ3n) is 5.61. The second kappa shape index (κ2) is 7.14. The lowest BCUT2D eigenvalue weighted by Gasteiger charge is -2.36. The topological polar surface area (TPSA) is 20.2 Å². The van der Waals surface area contributed by atoms with E-state index < -0.39 is 0 Å². The minimum atomic E-state index is 0.346. The lowest BCUT2D eigenvalue weighted by atomic mass is 9.68. The fourth-order valence-electron chi connectivity index (χ4n) is 4.33. The third kappa shape index (κ3) is 3.61. The molecule has 0 spiro atoms. The highest BCUT2D eigenvalue weighted by Gasteiger charge is 2.31. The minimum Gasteiger partial charge on any atom is -0.508 e. The van der Waals surface area contributed by atoms with Gasteiger partial charge in [-0.2, -0.15) is 0 Å². The Bertz CT molecular complexity index is 745. The molecule has 3 aromatic rings. The number of hydrogen-bond acceptors (Lipinski definition) is 1. The Hall–Kier alpha value is -2.54. The largest absolute Gasteiger partial charge is 0.508 e. The van der Waals surface area contributed by atoms with Crippen LogP contribution in [0.15, 0.2) is 84.9 Å². The second-order valence-electron chi connectivity index (χ2n) is 7.21. The van der Waals surface area contributed by atoms with E-state index >= 15 is 0 Å². The van der Waals surface area contributed by atoms with Gasteiger partial charge in [-0.3, -0.25) is 0 Å². The molecule has 0 radical (unpaired) electrons.